The van der Waals surface area contributed by atoms with Crippen molar-refractivity contribution >= 4 is 23.2 Å². The lowest BCUT2D eigenvalue weighted by atomic mass is 10.2. The second kappa shape index (κ2) is 5.61. The highest BCUT2D eigenvalue weighted by Gasteiger charge is 2.11. The van der Waals surface area contributed by atoms with Crippen LogP contribution in [0, 0.1) is 6.92 Å². The van der Waals surface area contributed by atoms with Gasteiger partial charge in [-0.1, -0.05) is 28.4 Å². The van der Waals surface area contributed by atoms with Crippen LogP contribution < -0.4 is 4.74 Å². The number of aliphatic hydroxyl groups excluding tert-OH is 1. The predicted molar refractivity (Wildman–Crippen MR) is 68.0 cm³/mol. The van der Waals surface area contributed by atoms with E-state index in [9.17, 15) is 5.11 Å². The Balaban J connectivity index is 2.18. The smallest absolute Gasteiger partial charge is 0.144 e. The molecule has 0 bridgehead atoms. The number of aliphatic hydroxyl groups is 1. The fourth-order valence-corrected chi connectivity index (χ4v) is 2.11. The van der Waals surface area contributed by atoms with Crippen molar-refractivity contribution in [2.24, 2.45) is 0 Å². The Morgan fingerprint density at radius 2 is 2.11 bits per heavy atom. The maximum atomic E-state index is 9.24. The molecule has 18 heavy (non-hydrogen) atoms. The number of rotatable bonds is 4. The zero-order valence-corrected chi connectivity index (χ0v) is 11.1. The molecule has 6 heteroatoms. The van der Waals surface area contributed by atoms with Gasteiger partial charge in [0.05, 0.1) is 11.6 Å². The lowest BCUT2D eigenvalue weighted by Gasteiger charge is -2.11. The average molecular weight is 288 g/mol. The molecule has 1 aromatic carbocycles. The van der Waals surface area contributed by atoms with Crippen molar-refractivity contribution in [2.45, 2.75) is 20.1 Å². The number of benzene rings is 1. The van der Waals surface area contributed by atoms with Gasteiger partial charge in [0.25, 0.3) is 0 Å². The van der Waals surface area contributed by atoms with Gasteiger partial charge in [-0.15, -0.1) is 0 Å². The van der Waals surface area contributed by atoms with Crippen molar-refractivity contribution in [3.8, 4) is 5.75 Å². The summed E-state index contributed by atoms with van der Waals surface area (Å²) in [4.78, 5) is 0. The van der Waals surface area contributed by atoms with Gasteiger partial charge in [0.2, 0.25) is 0 Å². The van der Waals surface area contributed by atoms with Gasteiger partial charge in [-0.25, -0.2) is 0 Å². The first-order valence-corrected chi connectivity index (χ1v) is 5.99. The minimum atomic E-state index is -0.201. The van der Waals surface area contributed by atoms with Crippen LogP contribution in [0.15, 0.2) is 22.7 Å². The van der Waals surface area contributed by atoms with Gasteiger partial charge in [-0.05, 0) is 19.1 Å². The average Bonchev–Trinajstić information content (AvgIpc) is 2.73. The number of nitrogens with zero attached hydrogens (tertiary/aromatic N) is 1. The molecule has 0 unspecified atom stereocenters. The molecule has 2 aromatic rings. The van der Waals surface area contributed by atoms with E-state index in [-0.39, 0.29) is 13.2 Å². The minimum absolute atomic E-state index is 0.201. The number of hydrogen-bond donors (Lipinski definition) is 1. The molecule has 0 saturated carbocycles. The molecule has 0 radical (unpaired) electrons. The summed E-state index contributed by atoms with van der Waals surface area (Å²) in [5.41, 5.74) is 1.19. The Bertz CT molecular complexity index is 554. The number of aromatic nitrogens is 1. The number of halogens is 2. The molecule has 1 heterocycles. The van der Waals surface area contributed by atoms with Gasteiger partial charge in [0, 0.05) is 16.7 Å². The maximum Gasteiger partial charge on any atom is 0.144 e. The Morgan fingerprint density at radius 1 is 1.33 bits per heavy atom. The highest BCUT2D eigenvalue weighted by atomic mass is 35.5. The molecule has 96 valence electrons. The molecular formula is C12H11Cl2NO3. The van der Waals surface area contributed by atoms with E-state index >= 15 is 0 Å². The highest BCUT2D eigenvalue weighted by Crippen LogP contribution is 2.33. The normalized spacial score (nSPS) is 10.7. The molecule has 0 spiro atoms. The van der Waals surface area contributed by atoms with E-state index in [0.717, 1.165) is 0 Å². The lowest BCUT2D eigenvalue weighted by Crippen LogP contribution is -2.00. The second-order valence-electron chi connectivity index (χ2n) is 3.75. The van der Waals surface area contributed by atoms with Crippen LogP contribution in [0.25, 0.3) is 0 Å². The molecule has 0 aliphatic carbocycles. The predicted octanol–water partition coefficient (Wildman–Crippen LogP) is 3.36. The van der Waals surface area contributed by atoms with Gasteiger partial charge in [0.15, 0.2) is 0 Å². The van der Waals surface area contributed by atoms with E-state index < -0.39 is 0 Å². The molecule has 1 aromatic heterocycles. The highest BCUT2D eigenvalue weighted by molar-refractivity contribution is 6.35. The molecule has 4 nitrogen and oxygen atoms in total. The van der Waals surface area contributed by atoms with Crippen molar-refractivity contribution in [2.75, 3.05) is 0 Å². The summed E-state index contributed by atoms with van der Waals surface area (Å²) in [5, 5.41) is 13.8. The topological polar surface area (TPSA) is 55.5 Å². The van der Waals surface area contributed by atoms with Crippen LogP contribution in [0.2, 0.25) is 10.0 Å². The van der Waals surface area contributed by atoms with Gasteiger partial charge in [0.1, 0.15) is 23.8 Å². The molecule has 0 fully saturated rings. The Kier molecular flexibility index (Phi) is 4.11. The fourth-order valence-electron chi connectivity index (χ4n) is 1.52. The van der Waals surface area contributed by atoms with Crippen LogP contribution in [0.5, 0.6) is 5.75 Å². The summed E-state index contributed by atoms with van der Waals surface area (Å²) in [6.45, 7) is 1.81. The van der Waals surface area contributed by atoms with Crippen LogP contribution in [-0.4, -0.2) is 10.3 Å². The third kappa shape index (κ3) is 2.96. The van der Waals surface area contributed by atoms with Crippen molar-refractivity contribution in [3.63, 3.8) is 0 Å². The van der Waals surface area contributed by atoms with E-state index in [2.05, 4.69) is 5.16 Å². The summed E-state index contributed by atoms with van der Waals surface area (Å²) < 4.78 is 10.5. The van der Waals surface area contributed by atoms with Gasteiger partial charge in [-0.2, -0.15) is 0 Å². The molecular weight excluding hydrogens is 277 g/mol. The van der Waals surface area contributed by atoms with Crippen LogP contribution in [0.1, 0.15) is 17.0 Å². The summed E-state index contributed by atoms with van der Waals surface area (Å²) >= 11 is 11.9. The Hall–Kier alpha value is -1.23. The largest absolute Gasteiger partial charge is 0.485 e. The van der Waals surface area contributed by atoms with E-state index in [1.807, 2.05) is 0 Å². The number of aryl methyl sites for hydroxylation is 1. The van der Waals surface area contributed by atoms with Crippen LogP contribution in [-0.2, 0) is 13.2 Å². The first-order valence-electron chi connectivity index (χ1n) is 5.24. The molecule has 0 aliphatic rings. The lowest BCUT2D eigenvalue weighted by molar-refractivity contribution is 0.254. The summed E-state index contributed by atoms with van der Waals surface area (Å²) in [7, 11) is 0. The molecule has 1 N–H and O–H groups in total. The minimum Gasteiger partial charge on any atom is -0.485 e. The van der Waals surface area contributed by atoms with Gasteiger partial charge < -0.3 is 14.4 Å². The van der Waals surface area contributed by atoms with Crippen molar-refractivity contribution in [1.82, 2.24) is 5.16 Å². The number of ether oxygens (including phenoxy) is 1. The van der Waals surface area contributed by atoms with E-state index in [0.29, 0.717) is 32.8 Å². The number of hydrogen-bond acceptors (Lipinski definition) is 4. The molecule has 0 saturated heterocycles. The Morgan fingerprint density at radius 3 is 2.72 bits per heavy atom. The molecule has 0 atom stereocenters. The first-order chi connectivity index (χ1) is 8.60. The molecule has 2 rings (SSSR count). The summed E-state index contributed by atoms with van der Waals surface area (Å²) in [6, 6.07) is 4.94. The maximum absolute atomic E-state index is 9.24. The van der Waals surface area contributed by atoms with Crippen LogP contribution in [0.4, 0.5) is 0 Å². The third-order valence-electron chi connectivity index (χ3n) is 2.30. The first kappa shape index (κ1) is 13.2. The van der Waals surface area contributed by atoms with Crippen LogP contribution >= 0.6 is 23.2 Å². The van der Waals surface area contributed by atoms with Gasteiger partial charge >= 0.3 is 0 Å². The van der Waals surface area contributed by atoms with Crippen molar-refractivity contribution < 1.29 is 14.4 Å². The zero-order chi connectivity index (χ0) is 13.1. The monoisotopic (exact) mass is 287 g/mol. The SMILES string of the molecule is Cc1cc(COc2c(Cl)cc(Cl)cc2CO)no1. The fraction of sp³-hybridized carbons (Fsp3) is 0.250. The molecule has 0 aliphatic heterocycles. The van der Waals surface area contributed by atoms with E-state index in [1.165, 1.54) is 0 Å². The third-order valence-corrected chi connectivity index (χ3v) is 2.80. The summed E-state index contributed by atoms with van der Waals surface area (Å²) in [6.07, 6.45) is 0. The standard InChI is InChI=1S/C12H11Cl2NO3/c1-7-2-10(15-18-7)6-17-12-8(5-16)3-9(13)4-11(12)14/h2-4,16H,5-6H2,1H3. The van der Waals surface area contributed by atoms with Crippen molar-refractivity contribution in [3.05, 3.63) is 45.3 Å². The van der Waals surface area contributed by atoms with Gasteiger partial charge in [-0.3, -0.25) is 0 Å². The van der Waals surface area contributed by atoms with E-state index in [4.69, 9.17) is 32.5 Å². The molecule has 0 amide bonds. The quantitative estimate of drug-likeness (QED) is 0.937. The Labute approximate surface area is 114 Å². The van der Waals surface area contributed by atoms with Crippen molar-refractivity contribution in [1.29, 1.82) is 0 Å². The summed E-state index contributed by atoms with van der Waals surface area (Å²) in [5.74, 6) is 1.11. The van der Waals surface area contributed by atoms with E-state index in [1.54, 1.807) is 25.1 Å². The van der Waals surface area contributed by atoms with Crippen LogP contribution in [0.3, 0.4) is 0 Å². The zero-order valence-electron chi connectivity index (χ0n) is 9.61. The second-order valence-corrected chi connectivity index (χ2v) is 4.60.